The third kappa shape index (κ3) is 3.35. The van der Waals surface area contributed by atoms with Crippen LogP contribution in [0, 0.1) is 0 Å². The van der Waals surface area contributed by atoms with Crippen LogP contribution in [0.25, 0.3) is 11.0 Å². The molecule has 0 aliphatic rings. The lowest BCUT2D eigenvalue weighted by Gasteiger charge is -2.10. The molecule has 0 bridgehead atoms. The number of para-hydroxylation sites is 2. The summed E-state index contributed by atoms with van der Waals surface area (Å²) in [4.78, 5) is 27.1. The summed E-state index contributed by atoms with van der Waals surface area (Å²) in [5.41, 5.74) is 1.86. The van der Waals surface area contributed by atoms with Crippen molar-refractivity contribution in [3.8, 4) is 11.5 Å². The Bertz CT molecular complexity index is 958. The van der Waals surface area contributed by atoms with Gasteiger partial charge in [-0.15, -0.1) is 0 Å². The number of methoxy groups -OCH3 is 2. The zero-order valence-electron chi connectivity index (χ0n) is 14.0. The van der Waals surface area contributed by atoms with E-state index < -0.39 is 0 Å². The fraction of sp³-hybridized carbons (Fsp3) is 0.222. The largest absolute Gasteiger partial charge is 0.493 e. The van der Waals surface area contributed by atoms with Crippen LogP contribution in [0.3, 0.4) is 0 Å². The number of aromatic amines is 1. The second-order valence-corrected chi connectivity index (χ2v) is 5.42. The fourth-order valence-corrected chi connectivity index (χ4v) is 2.69. The maximum Gasteiger partial charge on any atom is 0.326 e. The maximum absolute atomic E-state index is 12.3. The molecule has 0 spiro atoms. The van der Waals surface area contributed by atoms with Crippen LogP contribution in [-0.4, -0.2) is 36.2 Å². The van der Waals surface area contributed by atoms with E-state index in [1.807, 2.05) is 24.3 Å². The van der Waals surface area contributed by atoms with Gasteiger partial charge in [-0.25, -0.2) is 4.79 Å². The Morgan fingerprint density at radius 1 is 1.12 bits per heavy atom. The number of hydrogen-bond donors (Lipinski definition) is 2. The smallest absolute Gasteiger partial charge is 0.326 e. The fourth-order valence-electron chi connectivity index (χ4n) is 2.69. The van der Waals surface area contributed by atoms with E-state index in [0.717, 1.165) is 11.0 Å². The van der Waals surface area contributed by atoms with E-state index in [1.54, 1.807) is 22.8 Å². The summed E-state index contributed by atoms with van der Waals surface area (Å²) in [5.74, 6) is 0.807. The Labute approximate surface area is 144 Å². The molecule has 0 unspecified atom stereocenters. The molecular weight excluding hydrogens is 322 g/mol. The number of H-pyrrole nitrogens is 1. The lowest BCUT2D eigenvalue weighted by atomic mass is 10.2. The summed E-state index contributed by atoms with van der Waals surface area (Å²) in [7, 11) is 3.06. The number of imidazole rings is 1. The first-order chi connectivity index (χ1) is 12.1. The van der Waals surface area contributed by atoms with Crippen LogP contribution in [0.15, 0.2) is 47.3 Å². The molecule has 0 saturated carbocycles. The molecule has 7 heteroatoms. The van der Waals surface area contributed by atoms with Crippen molar-refractivity contribution in [2.45, 2.75) is 6.54 Å². The molecule has 1 heterocycles. The first-order valence-corrected chi connectivity index (χ1v) is 7.82. The quantitative estimate of drug-likeness (QED) is 0.716. The number of benzene rings is 2. The third-order valence-electron chi connectivity index (χ3n) is 3.95. The minimum absolute atomic E-state index is 0.193. The molecule has 3 rings (SSSR count). The first kappa shape index (κ1) is 16.6. The van der Waals surface area contributed by atoms with Crippen LogP contribution in [0.4, 0.5) is 0 Å². The lowest BCUT2D eigenvalue weighted by molar-refractivity contribution is 0.0952. The molecule has 7 nitrogen and oxygen atoms in total. The van der Waals surface area contributed by atoms with Crippen LogP contribution >= 0.6 is 0 Å². The molecule has 0 fully saturated rings. The van der Waals surface area contributed by atoms with Gasteiger partial charge >= 0.3 is 5.69 Å². The van der Waals surface area contributed by atoms with Gasteiger partial charge in [0.1, 0.15) is 0 Å². The molecule has 2 aromatic carbocycles. The van der Waals surface area contributed by atoms with Gasteiger partial charge in [-0.3, -0.25) is 9.36 Å². The zero-order valence-corrected chi connectivity index (χ0v) is 14.0. The topological polar surface area (TPSA) is 85.4 Å². The monoisotopic (exact) mass is 341 g/mol. The maximum atomic E-state index is 12.3. The molecule has 1 aromatic heterocycles. The number of carbonyl (C=O) groups excluding carboxylic acids is 1. The van der Waals surface area contributed by atoms with Crippen LogP contribution < -0.4 is 20.5 Å². The molecule has 2 N–H and O–H groups in total. The minimum atomic E-state index is -0.242. The number of amides is 1. The van der Waals surface area contributed by atoms with Gasteiger partial charge in [-0.2, -0.15) is 0 Å². The highest BCUT2D eigenvalue weighted by molar-refractivity contribution is 5.94. The number of ether oxygens (including phenoxy) is 2. The van der Waals surface area contributed by atoms with E-state index in [1.165, 1.54) is 14.2 Å². The van der Waals surface area contributed by atoms with E-state index in [-0.39, 0.29) is 11.6 Å². The van der Waals surface area contributed by atoms with Gasteiger partial charge in [0.05, 0.1) is 25.3 Å². The van der Waals surface area contributed by atoms with E-state index in [9.17, 15) is 9.59 Å². The number of aromatic nitrogens is 2. The van der Waals surface area contributed by atoms with E-state index >= 15 is 0 Å². The van der Waals surface area contributed by atoms with Crippen molar-refractivity contribution >= 4 is 16.9 Å². The van der Waals surface area contributed by atoms with Crippen molar-refractivity contribution < 1.29 is 14.3 Å². The Morgan fingerprint density at radius 3 is 2.64 bits per heavy atom. The Kier molecular flexibility index (Phi) is 4.74. The number of carbonyl (C=O) groups is 1. The molecule has 130 valence electrons. The highest BCUT2D eigenvalue weighted by Crippen LogP contribution is 2.27. The second-order valence-electron chi connectivity index (χ2n) is 5.42. The molecular formula is C18H19N3O4. The van der Waals surface area contributed by atoms with Crippen LogP contribution in [0.1, 0.15) is 10.4 Å². The molecule has 0 atom stereocenters. The van der Waals surface area contributed by atoms with Crippen molar-refractivity contribution in [1.82, 2.24) is 14.9 Å². The standard InChI is InChI=1S/C18H19N3O4/c1-24-15-8-7-12(11-16(15)25-2)17(22)19-9-10-21-14-6-4-3-5-13(14)20-18(21)23/h3-8,11H,9-10H2,1-2H3,(H,19,22)(H,20,23). The average molecular weight is 341 g/mol. The van der Waals surface area contributed by atoms with E-state index in [2.05, 4.69) is 10.3 Å². The number of rotatable bonds is 6. The number of nitrogens with one attached hydrogen (secondary N) is 2. The van der Waals surface area contributed by atoms with Crippen LogP contribution in [0.5, 0.6) is 11.5 Å². The van der Waals surface area contributed by atoms with Crippen LogP contribution in [0.2, 0.25) is 0 Å². The highest BCUT2D eigenvalue weighted by atomic mass is 16.5. The molecule has 0 saturated heterocycles. The van der Waals surface area contributed by atoms with Crippen molar-refractivity contribution in [1.29, 1.82) is 0 Å². The Hall–Kier alpha value is -3.22. The van der Waals surface area contributed by atoms with Gasteiger partial charge in [0, 0.05) is 18.7 Å². The van der Waals surface area contributed by atoms with Crippen molar-refractivity contribution in [3.05, 3.63) is 58.5 Å². The third-order valence-corrected chi connectivity index (χ3v) is 3.95. The zero-order chi connectivity index (χ0) is 17.8. The summed E-state index contributed by atoms with van der Waals surface area (Å²) < 4.78 is 12.0. The summed E-state index contributed by atoms with van der Waals surface area (Å²) in [6.07, 6.45) is 0. The second kappa shape index (κ2) is 7.12. The van der Waals surface area contributed by atoms with Crippen molar-refractivity contribution in [2.24, 2.45) is 0 Å². The van der Waals surface area contributed by atoms with Gasteiger partial charge in [0.2, 0.25) is 0 Å². The first-order valence-electron chi connectivity index (χ1n) is 7.82. The molecule has 0 aliphatic heterocycles. The van der Waals surface area contributed by atoms with Gasteiger partial charge in [-0.05, 0) is 30.3 Å². The number of fused-ring (bicyclic) bond motifs is 1. The summed E-state index contributed by atoms with van der Waals surface area (Å²) in [6.45, 7) is 0.705. The average Bonchev–Trinajstić information content (AvgIpc) is 2.96. The molecule has 25 heavy (non-hydrogen) atoms. The number of nitrogens with zero attached hydrogens (tertiary/aromatic N) is 1. The predicted octanol–water partition coefficient (Wildman–Crippen LogP) is 1.78. The van der Waals surface area contributed by atoms with E-state index in [0.29, 0.717) is 30.2 Å². The van der Waals surface area contributed by atoms with Gasteiger partial charge in [-0.1, -0.05) is 12.1 Å². The molecule has 0 radical (unpaired) electrons. The molecule has 1 amide bonds. The number of hydrogen-bond acceptors (Lipinski definition) is 4. The highest BCUT2D eigenvalue weighted by Gasteiger charge is 2.11. The van der Waals surface area contributed by atoms with Crippen molar-refractivity contribution in [3.63, 3.8) is 0 Å². The summed E-state index contributed by atoms with van der Waals surface area (Å²) >= 11 is 0. The lowest BCUT2D eigenvalue weighted by Crippen LogP contribution is -2.30. The normalized spacial score (nSPS) is 10.6. The van der Waals surface area contributed by atoms with Gasteiger partial charge < -0.3 is 19.8 Å². The van der Waals surface area contributed by atoms with Crippen LogP contribution in [-0.2, 0) is 6.54 Å². The SMILES string of the molecule is COc1ccc(C(=O)NCCn2c(=O)[nH]c3ccccc32)cc1OC. The molecule has 3 aromatic rings. The van der Waals surface area contributed by atoms with Gasteiger partial charge in [0.25, 0.3) is 5.91 Å². The Balaban J connectivity index is 1.68. The Morgan fingerprint density at radius 2 is 1.88 bits per heavy atom. The predicted molar refractivity (Wildman–Crippen MR) is 94.4 cm³/mol. The summed E-state index contributed by atoms with van der Waals surface area (Å²) in [6, 6.07) is 12.4. The van der Waals surface area contributed by atoms with E-state index in [4.69, 9.17) is 9.47 Å². The summed E-state index contributed by atoms with van der Waals surface area (Å²) in [5, 5.41) is 2.81. The van der Waals surface area contributed by atoms with Crippen molar-refractivity contribution in [2.75, 3.05) is 20.8 Å². The minimum Gasteiger partial charge on any atom is -0.493 e. The molecule has 0 aliphatic carbocycles. The van der Waals surface area contributed by atoms with Gasteiger partial charge in [0.15, 0.2) is 11.5 Å².